The lowest BCUT2D eigenvalue weighted by atomic mass is 10.1. The van der Waals surface area contributed by atoms with Crippen molar-refractivity contribution in [2.24, 2.45) is 5.10 Å². The monoisotopic (exact) mass is 412 g/mol. The number of nitrogens with one attached hydrogen (secondary N) is 2. The van der Waals surface area contributed by atoms with Crippen LogP contribution in [-0.4, -0.2) is 26.8 Å². The molecule has 0 fully saturated rings. The van der Waals surface area contributed by atoms with E-state index < -0.39 is 23.0 Å². The van der Waals surface area contributed by atoms with Crippen molar-refractivity contribution in [2.75, 3.05) is 0 Å². The van der Waals surface area contributed by atoms with Crippen LogP contribution in [0.15, 0.2) is 69.3 Å². The van der Waals surface area contributed by atoms with E-state index in [2.05, 4.69) is 15.5 Å². The second-order valence-corrected chi connectivity index (χ2v) is 6.47. The number of hydrogen-bond acceptors (Lipinski definition) is 5. The van der Waals surface area contributed by atoms with E-state index in [1.165, 1.54) is 6.07 Å². The van der Waals surface area contributed by atoms with Crippen LogP contribution in [0, 0.1) is 0 Å². The van der Waals surface area contributed by atoms with Crippen LogP contribution in [0.1, 0.15) is 21.5 Å². The number of amides is 1. The van der Waals surface area contributed by atoms with E-state index in [1.807, 2.05) is 30.3 Å². The molecule has 3 rings (SSSR count). The predicted molar refractivity (Wildman–Crippen MR) is 110 cm³/mol. The van der Waals surface area contributed by atoms with Gasteiger partial charge in [-0.15, -0.1) is 0 Å². The number of H-pyrrole nitrogens is 1. The van der Waals surface area contributed by atoms with E-state index >= 15 is 0 Å². The lowest BCUT2D eigenvalue weighted by Gasteiger charge is -2.09. The van der Waals surface area contributed by atoms with Gasteiger partial charge in [0.15, 0.2) is 0 Å². The maximum Gasteiger partial charge on any atom is 0.331 e. The Labute approximate surface area is 170 Å². The standard InChI is InChI=1S/C20H17ClN4O4/c21-16-9-5-4-8-14(16)18(27)24-22-12-15-17(26)23-20(29)25(19(15)28)11-10-13-6-2-1-3-7-13/h1-9,12,28H,10-11H2,(H,24,27)(H,23,26,29). The van der Waals surface area contributed by atoms with Crippen LogP contribution in [0.4, 0.5) is 0 Å². The first-order valence-corrected chi connectivity index (χ1v) is 9.03. The third-order valence-electron chi connectivity index (χ3n) is 4.15. The molecule has 0 atom stereocenters. The lowest BCUT2D eigenvalue weighted by Crippen LogP contribution is -2.33. The van der Waals surface area contributed by atoms with Crippen molar-refractivity contribution in [3.63, 3.8) is 0 Å². The van der Waals surface area contributed by atoms with E-state index in [0.29, 0.717) is 6.42 Å². The van der Waals surface area contributed by atoms with Crippen LogP contribution in [0.2, 0.25) is 5.02 Å². The van der Waals surface area contributed by atoms with Gasteiger partial charge in [-0.1, -0.05) is 54.1 Å². The largest absolute Gasteiger partial charge is 0.494 e. The molecule has 0 aliphatic heterocycles. The number of carbonyl (C=O) groups excluding carboxylic acids is 1. The van der Waals surface area contributed by atoms with E-state index in [-0.39, 0.29) is 22.7 Å². The summed E-state index contributed by atoms with van der Waals surface area (Å²) in [6.45, 7) is 0.151. The zero-order chi connectivity index (χ0) is 20.8. The second-order valence-electron chi connectivity index (χ2n) is 6.06. The maximum absolute atomic E-state index is 12.1. The van der Waals surface area contributed by atoms with Crippen molar-refractivity contribution in [3.05, 3.63) is 97.1 Å². The average Bonchev–Trinajstić information content (AvgIpc) is 2.71. The zero-order valence-corrected chi connectivity index (χ0v) is 15.9. The van der Waals surface area contributed by atoms with Gasteiger partial charge in [-0.25, -0.2) is 10.2 Å². The van der Waals surface area contributed by atoms with Gasteiger partial charge < -0.3 is 5.11 Å². The number of rotatable bonds is 6. The molecule has 1 heterocycles. The molecule has 0 unspecified atom stereocenters. The van der Waals surface area contributed by atoms with Gasteiger partial charge in [-0.3, -0.25) is 19.1 Å². The van der Waals surface area contributed by atoms with Crippen LogP contribution < -0.4 is 16.7 Å². The smallest absolute Gasteiger partial charge is 0.331 e. The Morgan fingerprint density at radius 2 is 1.83 bits per heavy atom. The molecule has 1 aromatic heterocycles. The molecule has 0 spiro atoms. The number of aromatic hydroxyl groups is 1. The summed E-state index contributed by atoms with van der Waals surface area (Å²) in [5, 5.41) is 14.3. The quantitative estimate of drug-likeness (QED) is 0.423. The normalized spacial score (nSPS) is 10.9. The minimum atomic E-state index is -0.820. The molecule has 8 nitrogen and oxygen atoms in total. The average molecular weight is 413 g/mol. The number of carbonyl (C=O) groups is 1. The summed E-state index contributed by atoms with van der Waals surface area (Å²) in [4.78, 5) is 38.3. The van der Waals surface area contributed by atoms with Crippen molar-refractivity contribution in [2.45, 2.75) is 13.0 Å². The first-order valence-electron chi connectivity index (χ1n) is 8.65. The van der Waals surface area contributed by atoms with Gasteiger partial charge in [-0.05, 0) is 24.1 Å². The summed E-state index contributed by atoms with van der Waals surface area (Å²) in [5.74, 6) is -1.12. The van der Waals surface area contributed by atoms with Crippen molar-refractivity contribution < 1.29 is 9.90 Å². The highest BCUT2D eigenvalue weighted by Crippen LogP contribution is 2.14. The number of hydrazone groups is 1. The topological polar surface area (TPSA) is 117 Å². The number of aryl methyl sites for hydroxylation is 1. The number of aromatic amines is 1. The number of hydrogen-bond donors (Lipinski definition) is 3. The predicted octanol–water partition coefficient (Wildman–Crippen LogP) is 1.90. The third-order valence-corrected chi connectivity index (χ3v) is 4.48. The highest BCUT2D eigenvalue weighted by molar-refractivity contribution is 6.33. The molecular formula is C20H17ClN4O4. The number of halogens is 1. The fourth-order valence-electron chi connectivity index (χ4n) is 2.65. The summed E-state index contributed by atoms with van der Waals surface area (Å²) in [5.41, 5.74) is 1.59. The van der Waals surface area contributed by atoms with Gasteiger partial charge in [0.1, 0.15) is 5.56 Å². The van der Waals surface area contributed by atoms with Crippen molar-refractivity contribution in [3.8, 4) is 5.88 Å². The van der Waals surface area contributed by atoms with Crippen LogP contribution >= 0.6 is 11.6 Å². The van der Waals surface area contributed by atoms with E-state index in [1.54, 1.807) is 18.2 Å². The Hall–Kier alpha value is -3.65. The van der Waals surface area contributed by atoms with Gasteiger partial charge >= 0.3 is 5.69 Å². The number of nitrogens with zero attached hydrogens (tertiary/aromatic N) is 2. The first-order chi connectivity index (χ1) is 14.0. The highest BCUT2D eigenvalue weighted by atomic mass is 35.5. The molecule has 2 aromatic carbocycles. The first kappa shape index (κ1) is 20.1. The summed E-state index contributed by atoms with van der Waals surface area (Å²) >= 11 is 5.94. The summed E-state index contributed by atoms with van der Waals surface area (Å²) in [6.07, 6.45) is 1.45. The van der Waals surface area contributed by atoms with Crippen LogP contribution in [0.5, 0.6) is 5.88 Å². The Morgan fingerprint density at radius 1 is 1.14 bits per heavy atom. The minimum Gasteiger partial charge on any atom is -0.494 e. The lowest BCUT2D eigenvalue weighted by molar-refractivity contribution is 0.0955. The molecule has 29 heavy (non-hydrogen) atoms. The van der Waals surface area contributed by atoms with E-state index in [4.69, 9.17) is 11.6 Å². The van der Waals surface area contributed by atoms with Crippen LogP contribution in [0.25, 0.3) is 0 Å². The van der Waals surface area contributed by atoms with Crippen molar-refractivity contribution in [1.82, 2.24) is 15.0 Å². The SMILES string of the molecule is O=C(NN=Cc1c(O)n(CCc2ccccc2)c(=O)[nH]c1=O)c1ccccc1Cl. The maximum atomic E-state index is 12.1. The van der Waals surface area contributed by atoms with E-state index in [0.717, 1.165) is 16.3 Å². The molecule has 0 aliphatic rings. The fraction of sp³-hybridized carbons (Fsp3) is 0.100. The molecule has 0 saturated carbocycles. The van der Waals surface area contributed by atoms with Gasteiger partial charge in [0.2, 0.25) is 5.88 Å². The molecule has 3 N–H and O–H groups in total. The summed E-state index contributed by atoms with van der Waals surface area (Å²) in [6, 6.07) is 15.8. The van der Waals surface area contributed by atoms with Gasteiger partial charge in [-0.2, -0.15) is 5.10 Å². The van der Waals surface area contributed by atoms with Crippen molar-refractivity contribution >= 4 is 23.7 Å². The molecule has 0 saturated heterocycles. The van der Waals surface area contributed by atoms with Gasteiger partial charge in [0, 0.05) is 6.54 Å². The zero-order valence-electron chi connectivity index (χ0n) is 15.1. The molecule has 1 amide bonds. The van der Waals surface area contributed by atoms with Crippen LogP contribution in [-0.2, 0) is 13.0 Å². The van der Waals surface area contributed by atoms with E-state index in [9.17, 15) is 19.5 Å². The van der Waals surface area contributed by atoms with Crippen LogP contribution in [0.3, 0.4) is 0 Å². The van der Waals surface area contributed by atoms with Gasteiger partial charge in [0.05, 0.1) is 16.8 Å². The summed E-state index contributed by atoms with van der Waals surface area (Å²) < 4.78 is 1.03. The third kappa shape index (κ3) is 4.80. The Kier molecular flexibility index (Phi) is 6.25. The number of benzene rings is 2. The second kappa shape index (κ2) is 9.03. The minimum absolute atomic E-state index is 0.151. The van der Waals surface area contributed by atoms with Gasteiger partial charge in [0.25, 0.3) is 11.5 Å². The van der Waals surface area contributed by atoms with Crippen molar-refractivity contribution in [1.29, 1.82) is 0 Å². The number of aromatic nitrogens is 2. The molecule has 9 heteroatoms. The molecule has 3 aromatic rings. The Balaban J connectivity index is 1.79. The Morgan fingerprint density at radius 3 is 2.55 bits per heavy atom. The summed E-state index contributed by atoms with van der Waals surface area (Å²) in [7, 11) is 0. The molecule has 0 bridgehead atoms. The highest BCUT2D eigenvalue weighted by Gasteiger charge is 2.13. The Bertz CT molecular complexity index is 1170. The molecule has 0 aliphatic carbocycles. The fourth-order valence-corrected chi connectivity index (χ4v) is 2.87. The molecule has 148 valence electrons. The molecule has 0 radical (unpaired) electrons. The molecular weight excluding hydrogens is 396 g/mol.